The molecule has 5 nitrogen and oxygen atoms in total. The van der Waals surface area contributed by atoms with Crippen molar-refractivity contribution in [2.24, 2.45) is 0 Å². The Balaban J connectivity index is 0.826. The van der Waals surface area contributed by atoms with Gasteiger partial charge in [0.25, 0.3) is 0 Å². The van der Waals surface area contributed by atoms with E-state index in [4.69, 9.17) is 9.47 Å². The molecule has 10 rings (SSSR count). The molecule has 0 bridgehead atoms. The first-order chi connectivity index (χ1) is 42.8. The Morgan fingerprint density at radius 3 is 0.791 bits per heavy atom. The van der Waals surface area contributed by atoms with Crippen LogP contribution in [0.2, 0.25) is 0 Å². The third kappa shape index (κ3) is 14.3. The van der Waals surface area contributed by atoms with Crippen molar-refractivity contribution in [2.45, 2.75) is 188 Å². The van der Waals surface area contributed by atoms with E-state index in [-0.39, 0.29) is 32.5 Å². The summed E-state index contributed by atoms with van der Waals surface area (Å²) in [5, 5.41) is 9.11. The summed E-state index contributed by atoms with van der Waals surface area (Å²) in [6, 6.07) is 82.0. The fraction of sp³-hybridized carbons (Fsp3) is 0.349. The molecule has 470 valence electrons. The number of aromatic nitrogens is 3. The van der Waals surface area contributed by atoms with Crippen molar-refractivity contribution in [1.29, 1.82) is 0 Å². The van der Waals surface area contributed by atoms with E-state index in [0.717, 1.165) is 34.7 Å². The van der Waals surface area contributed by atoms with Crippen molar-refractivity contribution in [3.63, 3.8) is 0 Å². The van der Waals surface area contributed by atoms with Crippen molar-refractivity contribution in [3.05, 3.63) is 308 Å². The van der Waals surface area contributed by atoms with Gasteiger partial charge < -0.3 is 9.47 Å². The first-order valence-corrected chi connectivity index (χ1v) is 33.0. The van der Waals surface area contributed by atoms with Crippen LogP contribution in [0.4, 0.5) is 0 Å². The molecule has 0 saturated carbocycles. The molecule has 0 radical (unpaired) electrons. The molecule has 0 spiro atoms. The minimum Gasteiger partial charge on any atom is -0.494 e. The highest BCUT2D eigenvalue weighted by molar-refractivity contribution is 5.64. The van der Waals surface area contributed by atoms with Crippen molar-refractivity contribution in [3.8, 4) is 22.8 Å². The number of ether oxygens (including phenoxy) is 2. The van der Waals surface area contributed by atoms with Crippen LogP contribution in [0.1, 0.15) is 214 Å². The molecule has 0 amide bonds. The summed E-state index contributed by atoms with van der Waals surface area (Å²) < 4.78 is 14.9. The summed E-state index contributed by atoms with van der Waals surface area (Å²) in [5.41, 5.74) is 19.5. The molecule has 0 fully saturated rings. The van der Waals surface area contributed by atoms with E-state index in [9.17, 15) is 0 Å². The van der Waals surface area contributed by atoms with Crippen molar-refractivity contribution >= 4 is 0 Å². The predicted octanol–water partition coefficient (Wildman–Crippen LogP) is 21.5. The molecule has 5 heteroatoms. The molecule has 9 aromatic carbocycles. The molecule has 0 saturated heterocycles. The van der Waals surface area contributed by atoms with Crippen LogP contribution >= 0.6 is 0 Å². The van der Waals surface area contributed by atoms with Crippen LogP contribution in [0.5, 0.6) is 11.5 Å². The Labute approximate surface area is 546 Å². The molecule has 0 N–H and O–H groups in total. The van der Waals surface area contributed by atoms with E-state index in [0.29, 0.717) is 19.8 Å². The van der Waals surface area contributed by atoms with Gasteiger partial charge in [-0.25, -0.2) is 0 Å². The smallest absolute Gasteiger partial charge is 0.119 e. The number of nitrogens with zero attached hydrogens (tertiary/aromatic N) is 3. The minimum atomic E-state index is -0.599. The summed E-state index contributed by atoms with van der Waals surface area (Å²) in [5.74, 6) is 1.65. The molecule has 1 aromatic heterocycles. The van der Waals surface area contributed by atoms with Crippen LogP contribution in [0.3, 0.4) is 0 Å². The normalized spacial score (nSPS) is 12.9. The van der Waals surface area contributed by atoms with Gasteiger partial charge in [0.05, 0.1) is 23.6 Å². The molecule has 1 heterocycles. The lowest BCUT2D eigenvalue weighted by Gasteiger charge is -2.38. The average molecular weight is 1210 g/mol. The standard InChI is InChI=1S/C86H99N3O2/c1-79(2,3)62-24-36-68(37-25-62)85(69-38-26-63(27-39-69)80(4,5)6,70-40-28-64(29-41-70)81(7,8)9)74-48-52-76(53-49-74)90-57-19-56-89-58-78(87-88-89)61-22-20-60(21-23-61)59-91-77-54-50-75(51-55-77)86(71-42-30-65(31-43-71)82(10,11)12,72-44-32-66(33-45-72)83(13,14)15)73-46-34-67(35-47-73)84(16,17)18/h20-55,58H,19,56-57,59H2,1-18H3. The SMILES string of the molecule is CC(C)(C)c1ccc(C(c2ccc(OCCCn3cc(-c4ccc(COc5ccc(C(c6ccc(C(C)(C)C)cc6)(c6ccc(C(C)(C)C)cc6)c6ccc(C(C)(C)C)cc6)cc5)cc4)nn3)cc2)(c2ccc(C(C)(C)C)cc2)c2ccc(C(C)(C)C)cc2)cc1. The molecule has 10 aromatic rings. The van der Waals surface area contributed by atoms with Gasteiger partial charge in [-0.05, 0) is 140 Å². The van der Waals surface area contributed by atoms with Gasteiger partial charge in [0, 0.05) is 18.5 Å². The highest BCUT2D eigenvalue weighted by Gasteiger charge is 2.41. The van der Waals surface area contributed by atoms with E-state index < -0.39 is 10.8 Å². The van der Waals surface area contributed by atoms with Crippen molar-refractivity contribution in [1.82, 2.24) is 15.0 Å². The Hall–Kier alpha value is -8.28. The van der Waals surface area contributed by atoms with Crippen LogP contribution in [0.25, 0.3) is 11.3 Å². The van der Waals surface area contributed by atoms with Crippen LogP contribution in [0.15, 0.2) is 225 Å². The predicted molar refractivity (Wildman–Crippen MR) is 382 cm³/mol. The number of rotatable bonds is 17. The highest BCUT2D eigenvalue weighted by atomic mass is 16.5. The largest absolute Gasteiger partial charge is 0.494 e. The molecule has 91 heavy (non-hydrogen) atoms. The molecule has 0 atom stereocenters. The third-order valence-electron chi connectivity index (χ3n) is 18.7. The van der Waals surface area contributed by atoms with Crippen molar-refractivity contribution < 1.29 is 9.47 Å². The zero-order valence-electron chi connectivity index (χ0n) is 57.8. The van der Waals surface area contributed by atoms with Gasteiger partial charge in [0.2, 0.25) is 0 Å². The van der Waals surface area contributed by atoms with E-state index in [1.807, 2.05) is 10.9 Å². The number of hydrogen-bond donors (Lipinski definition) is 0. The molecule has 0 aliphatic carbocycles. The minimum absolute atomic E-state index is 0.0262. The second kappa shape index (κ2) is 25.4. The lowest BCUT2D eigenvalue weighted by Crippen LogP contribution is -2.31. The monoisotopic (exact) mass is 1210 g/mol. The van der Waals surface area contributed by atoms with Crippen molar-refractivity contribution in [2.75, 3.05) is 6.61 Å². The Kier molecular flexibility index (Phi) is 18.3. The van der Waals surface area contributed by atoms with E-state index in [1.54, 1.807) is 0 Å². The van der Waals surface area contributed by atoms with Gasteiger partial charge in [-0.1, -0.05) is 324 Å². The van der Waals surface area contributed by atoms with E-state index >= 15 is 0 Å². The number of hydrogen-bond acceptors (Lipinski definition) is 4. The molecule has 0 aliphatic heterocycles. The zero-order valence-corrected chi connectivity index (χ0v) is 57.8. The van der Waals surface area contributed by atoms with Gasteiger partial charge in [-0.2, -0.15) is 0 Å². The van der Waals surface area contributed by atoms with Gasteiger partial charge in [-0.3, -0.25) is 4.68 Å². The second-order valence-electron chi connectivity index (χ2n) is 31.6. The Morgan fingerprint density at radius 2 is 0.527 bits per heavy atom. The summed E-state index contributed by atoms with van der Waals surface area (Å²) in [7, 11) is 0. The Bertz CT molecular complexity index is 3720. The average Bonchev–Trinajstić information content (AvgIpc) is 0.972. The highest BCUT2D eigenvalue weighted by Crippen LogP contribution is 2.49. The maximum absolute atomic E-state index is 6.54. The lowest BCUT2D eigenvalue weighted by atomic mass is 9.64. The summed E-state index contributed by atoms with van der Waals surface area (Å²) in [6.45, 7) is 42.7. The van der Waals surface area contributed by atoms with E-state index in [2.05, 4.69) is 353 Å². The van der Waals surface area contributed by atoms with Gasteiger partial charge in [0.15, 0.2) is 0 Å². The lowest BCUT2D eigenvalue weighted by molar-refractivity contribution is 0.298. The van der Waals surface area contributed by atoms with Gasteiger partial charge in [-0.15, -0.1) is 5.10 Å². The molecular formula is C86H99N3O2. The maximum atomic E-state index is 6.54. The molecule has 0 aliphatic rings. The van der Waals surface area contributed by atoms with Crippen LogP contribution in [0, 0.1) is 0 Å². The van der Waals surface area contributed by atoms with Crippen LogP contribution < -0.4 is 9.47 Å². The second-order valence-corrected chi connectivity index (χ2v) is 31.6. The molecular weight excluding hydrogens is 1110 g/mol. The van der Waals surface area contributed by atoms with Crippen LogP contribution in [-0.2, 0) is 56.5 Å². The number of aryl methyl sites for hydroxylation is 1. The fourth-order valence-corrected chi connectivity index (χ4v) is 12.8. The molecule has 0 unspecified atom stereocenters. The van der Waals surface area contributed by atoms with Gasteiger partial charge in [0.1, 0.15) is 23.8 Å². The van der Waals surface area contributed by atoms with Crippen LogP contribution in [-0.4, -0.2) is 21.6 Å². The Morgan fingerprint density at radius 1 is 0.286 bits per heavy atom. The summed E-state index contributed by atoms with van der Waals surface area (Å²) >= 11 is 0. The summed E-state index contributed by atoms with van der Waals surface area (Å²) in [6.07, 6.45) is 2.79. The first-order valence-electron chi connectivity index (χ1n) is 33.0. The van der Waals surface area contributed by atoms with E-state index in [1.165, 1.54) is 77.9 Å². The third-order valence-corrected chi connectivity index (χ3v) is 18.7. The number of benzene rings is 9. The zero-order chi connectivity index (χ0) is 65.4. The topological polar surface area (TPSA) is 49.2 Å². The summed E-state index contributed by atoms with van der Waals surface area (Å²) in [4.78, 5) is 0. The quantitative estimate of drug-likeness (QED) is 0.0673. The van der Waals surface area contributed by atoms with Gasteiger partial charge >= 0.3 is 0 Å². The fourth-order valence-electron chi connectivity index (χ4n) is 12.8. The maximum Gasteiger partial charge on any atom is 0.119 e. The first kappa shape index (κ1) is 65.7.